The molecule has 2 aliphatic rings. The van der Waals surface area contributed by atoms with Crippen molar-refractivity contribution >= 4 is 17.8 Å². The number of nitrogens with one attached hydrogen (secondary N) is 3. The number of imide groups is 1. The summed E-state index contributed by atoms with van der Waals surface area (Å²) < 4.78 is 0. The van der Waals surface area contributed by atoms with Gasteiger partial charge in [-0.05, 0) is 57.0 Å². The molecule has 7 nitrogen and oxygen atoms in total. The standard InChI is InChI=1S/C19H26N4O3/c1-3-12-23(15-8-10-20-11-9-15)16(24)13-4-6-14(7-5-13)19(2)17(25)21-18(26)22-19/h4-7,15,20H,3,8-12H2,1-2H3,(H2,21,22,25,26). The molecule has 1 aromatic rings. The molecule has 4 amide bonds. The average molecular weight is 358 g/mol. The summed E-state index contributed by atoms with van der Waals surface area (Å²) in [5, 5.41) is 8.22. The summed E-state index contributed by atoms with van der Waals surface area (Å²) in [6.07, 6.45) is 2.85. The Balaban J connectivity index is 1.79. The summed E-state index contributed by atoms with van der Waals surface area (Å²) in [6, 6.07) is 6.73. The number of urea groups is 1. The summed E-state index contributed by atoms with van der Waals surface area (Å²) in [4.78, 5) is 38.5. The summed E-state index contributed by atoms with van der Waals surface area (Å²) in [7, 11) is 0. The van der Waals surface area contributed by atoms with E-state index in [-0.39, 0.29) is 17.9 Å². The highest BCUT2D eigenvalue weighted by Crippen LogP contribution is 2.25. The third-order valence-electron chi connectivity index (χ3n) is 5.23. The van der Waals surface area contributed by atoms with E-state index in [4.69, 9.17) is 0 Å². The van der Waals surface area contributed by atoms with E-state index in [0.717, 1.165) is 38.9 Å². The SMILES string of the molecule is CCCN(C(=O)c1ccc(C2(C)NC(=O)NC2=O)cc1)C1CCNCC1. The van der Waals surface area contributed by atoms with Gasteiger partial charge in [0.05, 0.1) is 0 Å². The van der Waals surface area contributed by atoms with Gasteiger partial charge in [0.25, 0.3) is 11.8 Å². The van der Waals surface area contributed by atoms with E-state index in [2.05, 4.69) is 22.9 Å². The minimum atomic E-state index is -1.10. The van der Waals surface area contributed by atoms with Gasteiger partial charge in [-0.1, -0.05) is 19.1 Å². The van der Waals surface area contributed by atoms with Crippen molar-refractivity contribution < 1.29 is 14.4 Å². The maximum Gasteiger partial charge on any atom is 0.322 e. The van der Waals surface area contributed by atoms with Gasteiger partial charge in [0.1, 0.15) is 5.54 Å². The quantitative estimate of drug-likeness (QED) is 0.693. The second kappa shape index (κ2) is 7.45. The van der Waals surface area contributed by atoms with Gasteiger partial charge in [-0.15, -0.1) is 0 Å². The molecule has 0 aliphatic carbocycles. The van der Waals surface area contributed by atoms with E-state index in [0.29, 0.717) is 11.1 Å². The lowest BCUT2D eigenvalue weighted by atomic mass is 9.91. The first-order valence-electron chi connectivity index (χ1n) is 9.21. The third-order valence-corrected chi connectivity index (χ3v) is 5.23. The Morgan fingerprint density at radius 3 is 2.38 bits per heavy atom. The van der Waals surface area contributed by atoms with E-state index in [1.165, 1.54) is 0 Å². The number of hydrogen-bond donors (Lipinski definition) is 3. The second-order valence-corrected chi connectivity index (χ2v) is 7.09. The Labute approximate surface area is 153 Å². The average Bonchev–Trinajstić information content (AvgIpc) is 2.93. The first-order chi connectivity index (χ1) is 12.5. The molecule has 0 bridgehead atoms. The van der Waals surface area contributed by atoms with Crippen LogP contribution < -0.4 is 16.0 Å². The van der Waals surface area contributed by atoms with Crippen LogP contribution in [0.2, 0.25) is 0 Å². The largest absolute Gasteiger partial charge is 0.336 e. The second-order valence-electron chi connectivity index (χ2n) is 7.09. The van der Waals surface area contributed by atoms with Gasteiger partial charge in [0.15, 0.2) is 0 Å². The van der Waals surface area contributed by atoms with Gasteiger partial charge in [-0.2, -0.15) is 0 Å². The highest BCUT2D eigenvalue weighted by atomic mass is 16.2. The molecule has 0 aromatic heterocycles. The van der Waals surface area contributed by atoms with Crippen LogP contribution in [0.4, 0.5) is 4.79 Å². The van der Waals surface area contributed by atoms with Crippen LogP contribution in [-0.2, 0) is 10.3 Å². The predicted octanol–water partition coefficient (Wildman–Crippen LogP) is 1.35. The molecule has 2 aliphatic heterocycles. The van der Waals surface area contributed by atoms with Gasteiger partial charge >= 0.3 is 6.03 Å². The smallest absolute Gasteiger partial charge is 0.322 e. The van der Waals surface area contributed by atoms with Crippen LogP contribution in [0, 0.1) is 0 Å². The molecule has 7 heteroatoms. The number of hydrogen-bond acceptors (Lipinski definition) is 4. The molecule has 26 heavy (non-hydrogen) atoms. The van der Waals surface area contributed by atoms with Gasteiger partial charge in [0.2, 0.25) is 0 Å². The molecule has 3 rings (SSSR count). The molecule has 3 N–H and O–H groups in total. The zero-order valence-electron chi connectivity index (χ0n) is 15.3. The van der Waals surface area contributed by atoms with Gasteiger partial charge < -0.3 is 15.5 Å². The number of amides is 4. The number of rotatable bonds is 5. The monoisotopic (exact) mass is 358 g/mol. The lowest BCUT2D eigenvalue weighted by molar-refractivity contribution is -0.123. The summed E-state index contributed by atoms with van der Waals surface area (Å²) in [5.74, 6) is -0.362. The molecular weight excluding hydrogens is 332 g/mol. The topological polar surface area (TPSA) is 90.5 Å². The maximum atomic E-state index is 13.0. The van der Waals surface area contributed by atoms with E-state index >= 15 is 0 Å². The first-order valence-corrected chi connectivity index (χ1v) is 9.21. The fourth-order valence-corrected chi connectivity index (χ4v) is 3.67. The number of carbonyl (C=O) groups excluding carboxylic acids is 3. The molecule has 0 saturated carbocycles. The van der Waals surface area contributed by atoms with Gasteiger partial charge in [0, 0.05) is 18.2 Å². The highest BCUT2D eigenvalue weighted by Gasteiger charge is 2.43. The Morgan fingerprint density at radius 2 is 1.85 bits per heavy atom. The number of nitrogens with zero attached hydrogens (tertiary/aromatic N) is 1. The Kier molecular flexibility index (Phi) is 5.27. The minimum absolute atomic E-state index is 0.0235. The fourth-order valence-electron chi connectivity index (χ4n) is 3.67. The first kappa shape index (κ1) is 18.4. The fraction of sp³-hybridized carbons (Fsp3) is 0.526. The van der Waals surface area contributed by atoms with Crippen molar-refractivity contribution in [2.75, 3.05) is 19.6 Å². The zero-order chi connectivity index (χ0) is 18.7. The lowest BCUT2D eigenvalue weighted by Gasteiger charge is -2.34. The highest BCUT2D eigenvalue weighted by molar-refractivity contribution is 6.07. The predicted molar refractivity (Wildman–Crippen MR) is 97.7 cm³/mol. The van der Waals surface area contributed by atoms with Gasteiger partial charge in [-0.3, -0.25) is 14.9 Å². The van der Waals surface area contributed by atoms with Crippen molar-refractivity contribution in [1.82, 2.24) is 20.9 Å². The number of piperidine rings is 1. The van der Waals surface area contributed by atoms with Crippen molar-refractivity contribution in [3.8, 4) is 0 Å². The lowest BCUT2D eigenvalue weighted by Crippen LogP contribution is -2.46. The molecule has 1 aromatic carbocycles. The normalized spacial score (nSPS) is 23.5. The van der Waals surface area contributed by atoms with Crippen LogP contribution in [0.25, 0.3) is 0 Å². The summed E-state index contributed by atoms with van der Waals surface area (Å²) in [6.45, 7) is 6.34. The van der Waals surface area contributed by atoms with Crippen LogP contribution >= 0.6 is 0 Å². The summed E-state index contributed by atoms with van der Waals surface area (Å²) in [5.41, 5.74) is 0.159. The van der Waals surface area contributed by atoms with E-state index in [9.17, 15) is 14.4 Å². The van der Waals surface area contributed by atoms with Crippen LogP contribution in [0.1, 0.15) is 49.0 Å². The zero-order valence-corrected chi connectivity index (χ0v) is 15.3. The van der Waals surface area contributed by atoms with E-state index in [1.54, 1.807) is 31.2 Å². The van der Waals surface area contributed by atoms with Crippen LogP contribution in [0.15, 0.2) is 24.3 Å². The van der Waals surface area contributed by atoms with E-state index in [1.807, 2.05) is 4.90 Å². The Bertz CT molecular complexity index is 697. The molecule has 2 fully saturated rings. The molecule has 2 saturated heterocycles. The molecule has 2 heterocycles. The van der Waals surface area contributed by atoms with Crippen molar-refractivity contribution in [2.24, 2.45) is 0 Å². The van der Waals surface area contributed by atoms with Crippen molar-refractivity contribution in [3.63, 3.8) is 0 Å². The Hall–Kier alpha value is -2.41. The van der Waals surface area contributed by atoms with Crippen LogP contribution in [-0.4, -0.2) is 48.4 Å². The molecule has 1 atom stereocenters. The van der Waals surface area contributed by atoms with Crippen molar-refractivity contribution in [2.45, 2.75) is 44.7 Å². The molecule has 1 unspecified atom stereocenters. The molecule has 140 valence electrons. The third kappa shape index (κ3) is 3.44. The van der Waals surface area contributed by atoms with Crippen molar-refractivity contribution in [3.05, 3.63) is 35.4 Å². The Morgan fingerprint density at radius 1 is 1.19 bits per heavy atom. The van der Waals surface area contributed by atoms with Crippen molar-refractivity contribution in [1.29, 1.82) is 0 Å². The van der Waals surface area contributed by atoms with Crippen LogP contribution in [0.3, 0.4) is 0 Å². The molecule has 0 spiro atoms. The minimum Gasteiger partial charge on any atom is -0.336 e. The number of benzene rings is 1. The molecular formula is C19H26N4O3. The number of carbonyl (C=O) groups is 3. The van der Waals surface area contributed by atoms with Crippen LogP contribution in [0.5, 0.6) is 0 Å². The summed E-state index contributed by atoms with van der Waals surface area (Å²) >= 11 is 0. The van der Waals surface area contributed by atoms with E-state index < -0.39 is 11.6 Å². The molecule has 0 radical (unpaired) electrons. The van der Waals surface area contributed by atoms with Gasteiger partial charge in [-0.25, -0.2) is 4.79 Å². The maximum absolute atomic E-state index is 13.0.